The molecular formula is C28H32N2O2. The maximum atomic E-state index is 6.02. The number of aryl methyl sites for hydroxylation is 2. The second-order valence-electron chi connectivity index (χ2n) is 9.25. The molecule has 1 aromatic heterocycles. The molecule has 0 saturated carbocycles. The van der Waals surface area contributed by atoms with Gasteiger partial charge in [0.05, 0.1) is 17.6 Å². The Hall–Kier alpha value is -3.27. The minimum atomic E-state index is 0.151. The number of ether oxygens (including phenoxy) is 2. The molecule has 0 unspecified atom stereocenters. The van der Waals surface area contributed by atoms with Crippen molar-refractivity contribution in [1.29, 1.82) is 0 Å². The molecule has 4 heteroatoms. The third-order valence-electron chi connectivity index (χ3n) is 5.64. The third kappa shape index (κ3) is 5.31. The number of benzene rings is 3. The molecule has 0 spiro atoms. The van der Waals surface area contributed by atoms with Crippen molar-refractivity contribution in [2.24, 2.45) is 0 Å². The van der Waals surface area contributed by atoms with Crippen LogP contribution in [0.3, 0.4) is 0 Å². The summed E-state index contributed by atoms with van der Waals surface area (Å²) in [5.41, 5.74) is 4.81. The second kappa shape index (κ2) is 9.47. The molecule has 0 aliphatic rings. The van der Waals surface area contributed by atoms with Crippen molar-refractivity contribution in [1.82, 2.24) is 9.55 Å². The average molecular weight is 429 g/mol. The molecule has 3 aromatic carbocycles. The summed E-state index contributed by atoms with van der Waals surface area (Å²) in [6.07, 6.45) is 0.888. The first kappa shape index (κ1) is 21.9. The molecule has 0 atom stereocenters. The number of rotatable bonds is 8. The monoisotopic (exact) mass is 428 g/mol. The minimum absolute atomic E-state index is 0.151. The van der Waals surface area contributed by atoms with Crippen molar-refractivity contribution in [2.75, 3.05) is 6.61 Å². The fraction of sp³-hybridized carbons (Fsp3) is 0.321. The quantitative estimate of drug-likeness (QED) is 0.293. The summed E-state index contributed by atoms with van der Waals surface area (Å²) in [5.74, 6) is 2.70. The average Bonchev–Trinajstić information content (AvgIpc) is 3.13. The molecule has 0 aliphatic heterocycles. The molecule has 0 amide bonds. The number of hydrogen-bond acceptors (Lipinski definition) is 3. The van der Waals surface area contributed by atoms with E-state index in [1.54, 1.807) is 0 Å². The van der Waals surface area contributed by atoms with E-state index in [2.05, 4.69) is 86.9 Å². The molecule has 0 saturated heterocycles. The lowest BCUT2D eigenvalue weighted by Gasteiger charge is -2.19. The number of hydrogen-bond donors (Lipinski definition) is 0. The van der Waals surface area contributed by atoms with E-state index >= 15 is 0 Å². The summed E-state index contributed by atoms with van der Waals surface area (Å²) in [5, 5.41) is 0. The fourth-order valence-corrected chi connectivity index (χ4v) is 3.73. The molecule has 4 nitrogen and oxygen atoms in total. The lowest BCUT2D eigenvalue weighted by atomic mass is 9.87. The van der Waals surface area contributed by atoms with Gasteiger partial charge < -0.3 is 14.0 Å². The van der Waals surface area contributed by atoms with E-state index in [0.717, 1.165) is 41.3 Å². The van der Waals surface area contributed by atoms with Gasteiger partial charge in [0.1, 0.15) is 23.9 Å². The van der Waals surface area contributed by atoms with E-state index in [9.17, 15) is 0 Å². The van der Waals surface area contributed by atoms with Gasteiger partial charge >= 0.3 is 0 Å². The molecule has 166 valence electrons. The first-order valence-electron chi connectivity index (χ1n) is 11.3. The lowest BCUT2D eigenvalue weighted by molar-refractivity contribution is 0.280. The number of imidazole rings is 1. The summed E-state index contributed by atoms with van der Waals surface area (Å²) in [6, 6.07) is 24.8. The predicted molar refractivity (Wildman–Crippen MR) is 130 cm³/mol. The summed E-state index contributed by atoms with van der Waals surface area (Å²) in [4.78, 5) is 4.81. The van der Waals surface area contributed by atoms with Crippen molar-refractivity contribution < 1.29 is 9.47 Å². The Balaban J connectivity index is 1.39. The highest BCUT2D eigenvalue weighted by Crippen LogP contribution is 2.24. The largest absolute Gasteiger partial charge is 0.494 e. The molecule has 0 bridgehead atoms. The van der Waals surface area contributed by atoms with Gasteiger partial charge in [-0.15, -0.1) is 0 Å². The predicted octanol–water partition coefficient (Wildman–Crippen LogP) is 6.69. The van der Waals surface area contributed by atoms with Crippen LogP contribution < -0.4 is 9.47 Å². The maximum absolute atomic E-state index is 6.02. The van der Waals surface area contributed by atoms with Crippen LogP contribution in [-0.2, 0) is 18.6 Å². The lowest BCUT2D eigenvalue weighted by Crippen LogP contribution is -2.11. The van der Waals surface area contributed by atoms with E-state index in [1.165, 1.54) is 11.1 Å². The Morgan fingerprint density at radius 2 is 1.47 bits per heavy atom. The Labute approximate surface area is 190 Å². The number of para-hydroxylation sites is 2. The smallest absolute Gasteiger partial charge is 0.147 e. The first-order chi connectivity index (χ1) is 15.4. The molecule has 0 aliphatic carbocycles. The maximum Gasteiger partial charge on any atom is 0.147 e. The van der Waals surface area contributed by atoms with Crippen molar-refractivity contribution in [3.05, 3.63) is 89.7 Å². The van der Waals surface area contributed by atoms with Crippen LogP contribution in [-0.4, -0.2) is 16.2 Å². The number of fused-ring (bicyclic) bond motifs is 1. The number of aromatic nitrogens is 2. The molecule has 0 radical (unpaired) electrons. The fourth-order valence-electron chi connectivity index (χ4n) is 3.73. The highest BCUT2D eigenvalue weighted by atomic mass is 16.5. The van der Waals surface area contributed by atoms with Crippen LogP contribution in [0.15, 0.2) is 72.8 Å². The Morgan fingerprint density at radius 1 is 0.812 bits per heavy atom. The van der Waals surface area contributed by atoms with Crippen molar-refractivity contribution in [2.45, 2.75) is 52.7 Å². The second-order valence-corrected chi connectivity index (χ2v) is 9.25. The Kier molecular flexibility index (Phi) is 6.50. The van der Waals surface area contributed by atoms with E-state index < -0.39 is 0 Å². The van der Waals surface area contributed by atoms with E-state index in [1.807, 2.05) is 18.2 Å². The molecule has 0 N–H and O–H groups in total. The van der Waals surface area contributed by atoms with Crippen LogP contribution in [0.5, 0.6) is 11.5 Å². The number of nitrogens with zero attached hydrogens (tertiary/aromatic N) is 2. The topological polar surface area (TPSA) is 36.3 Å². The van der Waals surface area contributed by atoms with Crippen molar-refractivity contribution >= 4 is 11.0 Å². The highest BCUT2D eigenvalue weighted by Gasteiger charge is 2.13. The van der Waals surface area contributed by atoms with Crippen molar-refractivity contribution in [3.63, 3.8) is 0 Å². The van der Waals surface area contributed by atoms with Gasteiger partial charge in [-0.1, -0.05) is 62.7 Å². The Bertz CT molecular complexity index is 1150. The normalized spacial score (nSPS) is 11.6. The van der Waals surface area contributed by atoms with E-state index in [-0.39, 0.29) is 5.41 Å². The summed E-state index contributed by atoms with van der Waals surface area (Å²) >= 11 is 0. The van der Waals surface area contributed by atoms with Gasteiger partial charge in [-0.2, -0.15) is 0 Å². The van der Waals surface area contributed by atoms with Crippen LogP contribution in [0.1, 0.15) is 44.1 Å². The van der Waals surface area contributed by atoms with Crippen LogP contribution in [0.2, 0.25) is 0 Å². The zero-order chi connectivity index (χ0) is 22.6. The zero-order valence-electron chi connectivity index (χ0n) is 19.5. The van der Waals surface area contributed by atoms with Gasteiger partial charge in [-0.25, -0.2) is 4.98 Å². The SMILES string of the molecule is Cc1ccc(OCc2nc3ccccc3n2CCCOc2ccc(C(C)(C)C)cc2)cc1. The van der Waals surface area contributed by atoms with Gasteiger partial charge in [0.2, 0.25) is 0 Å². The van der Waals surface area contributed by atoms with Crippen LogP contribution in [0, 0.1) is 6.92 Å². The molecule has 32 heavy (non-hydrogen) atoms. The molecule has 0 fully saturated rings. The standard InChI is InChI=1S/C28H32N2O2/c1-21-10-14-24(15-11-21)32-20-27-29-25-8-5-6-9-26(25)30(27)18-7-19-31-23-16-12-22(13-17-23)28(2,3)4/h5-6,8-17H,7,18-20H2,1-4H3. The van der Waals surface area contributed by atoms with E-state index in [4.69, 9.17) is 14.5 Å². The van der Waals surface area contributed by atoms with Gasteiger partial charge in [0, 0.05) is 6.54 Å². The molecule has 4 aromatic rings. The van der Waals surface area contributed by atoms with Gasteiger partial charge in [0.15, 0.2) is 0 Å². The first-order valence-corrected chi connectivity index (χ1v) is 11.3. The Morgan fingerprint density at radius 3 is 2.19 bits per heavy atom. The van der Waals surface area contributed by atoms with Crippen LogP contribution >= 0.6 is 0 Å². The molecule has 4 rings (SSSR count). The van der Waals surface area contributed by atoms with Crippen LogP contribution in [0.4, 0.5) is 0 Å². The summed E-state index contributed by atoms with van der Waals surface area (Å²) < 4.78 is 14.3. The molecular weight excluding hydrogens is 396 g/mol. The van der Waals surface area contributed by atoms with Gasteiger partial charge in [-0.05, 0) is 60.7 Å². The van der Waals surface area contributed by atoms with Crippen molar-refractivity contribution in [3.8, 4) is 11.5 Å². The molecule has 1 heterocycles. The highest BCUT2D eigenvalue weighted by molar-refractivity contribution is 5.75. The van der Waals surface area contributed by atoms with Gasteiger partial charge in [-0.3, -0.25) is 0 Å². The summed E-state index contributed by atoms with van der Waals surface area (Å²) in [7, 11) is 0. The summed E-state index contributed by atoms with van der Waals surface area (Å²) in [6.45, 7) is 10.7. The minimum Gasteiger partial charge on any atom is -0.494 e. The third-order valence-corrected chi connectivity index (χ3v) is 5.64. The van der Waals surface area contributed by atoms with E-state index in [0.29, 0.717) is 13.2 Å². The van der Waals surface area contributed by atoms with Crippen LogP contribution in [0.25, 0.3) is 11.0 Å². The zero-order valence-corrected chi connectivity index (χ0v) is 19.5. The van der Waals surface area contributed by atoms with Gasteiger partial charge in [0.25, 0.3) is 0 Å².